The van der Waals surface area contributed by atoms with E-state index in [1.807, 2.05) is 6.07 Å². The fourth-order valence-corrected chi connectivity index (χ4v) is 8.99. The van der Waals surface area contributed by atoms with Gasteiger partial charge in [0.05, 0.1) is 30.2 Å². The number of carboxylic acid groups (broad SMARTS) is 1. The number of aromatic nitrogens is 3. The topological polar surface area (TPSA) is 129 Å². The second kappa shape index (κ2) is 18.3. The summed E-state index contributed by atoms with van der Waals surface area (Å²) in [5.74, 6) is -5.32. The molecule has 4 aliphatic rings. The first-order valence-corrected chi connectivity index (χ1v) is 20.7. The number of carbonyl (C=O) groups is 1. The van der Waals surface area contributed by atoms with Gasteiger partial charge in [-0.2, -0.15) is 0 Å². The standard InChI is InChI=1S/C41H57F3N8O5/c1-28(31-8-7-9-33(36(31)42)41(43,44)29-11-18-51(19-12-29)40(54)55)47-37-32-26-34(50-22-20-49(21-23-50)30-13-16-48(2)17-14-30)39(53)52(38(32)46-27-45-37)15-6-4-3-5-10-35-56-24-25-57-35/h7-9,26-30,35H,3-6,10-25H2,1-2H3,(H,54,55)(H,45,46,47)/t28-/m1/s1. The molecule has 0 spiro atoms. The van der Waals surface area contributed by atoms with Gasteiger partial charge in [0, 0.05) is 63.3 Å². The van der Waals surface area contributed by atoms with Crippen LogP contribution in [-0.4, -0.2) is 125 Å². The highest BCUT2D eigenvalue weighted by atomic mass is 19.3. The number of amides is 1. The first-order valence-electron chi connectivity index (χ1n) is 20.7. The van der Waals surface area contributed by atoms with E-state index in [-0.39, 0.29) is 43.3 Å². The molecule has 4 saturated heterocycles. The van der Waals surface area contributed by atoms with Crippen molar-refractivity contribution < 1.29 is 32.5 Å². The van der Waals surface area contributed by atoms with E-state index in [0.29, 0.717) is 61.4 Å². The zero-order valence-corrected chi connectivity index (χ0v) is 33.2. The quantitative estimate of drug-likeness (QED) is 0.183. The second-order valence-electron chi connectivity index (χ2n) is 16.1. The highest BCUT2D eigenvalue weighted by Crippen LogP contribution is 2.44. The van der Waals surface area contributed by atoms with Crippen molar-refractivity contribution in [2.45, 2.75) is 95.6 Å². The molecule has 2 aromatic heterocycles. The maximum atomic E-state index is 16.2. The molecule has 6 heterocycles. The average molecular weight is 799 g/mol. The third-order valence-corrected chi connectivity index (χ3v) is 12.5. The highest BCUT2D eigenvalue weighted by molar-refractivity contribution is 5.89. The molecule has 312 valence electrons. The van der Waals surface area contributed by atoms with Crippen LogP contribution < -0.4 is 15.8 Å². The summed E-state index contributed by atoms with van der Waals surface area (Å²) in [5.41, 5.74) is 0.256. The Hall–Kier alpha value is -3.99. The first-order chi connectivity index (χ1) is 27.5. The van der Waals surface area contributed by atoms with Crippen LogP contribution in [-0.2, 0) is 21.9 Å². The fourth-order valence-electron chi connectivity index (χ4n) is 8.99. The van der Waals surface area contributed by atoms with E-state index < -0.39 is 35.4 Å². The third kappa shape index (κ3) is 9.34. The third-order valence-electron chi connectivity index (χ3n) is 12.5. The van der Waals surface area contributed by atoms with E-state index in [9.17, 15) is 14.7 Å². The number of fused-ring (bicyclic) bond motifs is 1. The summed E-state index contributed by atoms with van der Waals surface area (Å²) in [6.45, 7) is 8.65. The minimum Gasteiger partial charge on any atom is -0.465 e. The van der Waals surface area contributed by atoms with Crippen LogP contribution in [0.5, 0.6) is 0 Å². The van der Waals surface area contributed by atoms with Crippen molar-refractivity contribution in [3.05, 3.63) is 57.9 Å². The van der Waals surface area contributed by atoms with Crippen molar-refractivity contribution in [3.63, 3.8) is 0 Å². The van der Waals surface area contributed by atoms with Crippen molar-refractivity contribution in [2.24, 2.45) is 5.92 Å². The number of hydrogen-bond donors (Lipinski definition) is 2. The number of piperidine rings is 2. The molecule has 0 unspecified atom stereocenters. The Kier molecular flexibility index (Phi) is 13.2. The molecule has 16 heteroatoms. The molecule has 3 aromatic rings. The van der Waals surface area contributed by atoms with E-state index in [1.165, 1.54) is 18.5 Å². The number of nitrogens with zero attached hydrogens (tertiary/aromatic N) is 7. The molecule has 13 nitrogen and oxygen atoms in total. The van der Waals surface area contributed by atoms with Gasteiger partial charge in [-0.25, -0.2) is 27.9 Å². The molecule has 4 aliphatic heterocycles. The first kappa shape index (κ1) is 41.2. The molecular weight excluding hydrogens is 741 g/mol. The molecule has 0 saturated carbocycles. The van der Waals surface area contributed by atoms with Gasteiger partial charge in [0.2, 0.25) is 0 Å². The minimum absolute atomic E-state index is 0.0258. The molecule has 4 fully saturated rings. The molecule has 7 rings (SSSR count). The predicted molar refractivity (Wildman–Crippen MR) is 212 cm³/mol. The maximum Gasteiger partial charge on any atom is 0.407 e. The molecule has 0 radical (unpaired) electrons. The fraction of sp³-hybridized carbons (Fsp3) is 0.659. The molecule has 1 amide bonds. The minimum atomic E-state index is -3.49. The summed E-state index contributed by atoms with van der Waals surface area (Å²) in [6.07, 6.45) is 6.69. The van der Waals surface area contributed by atoms with Gasteiger partial charge in [0.15, 0.2) is 6.29 Å². The van der Waals surface area contributed by atoms with Crippen molar-refractivity contribution in [2.75, 3.05) is 82.8 Å². The molecular formula is C41H57F3N8O5. The van der Waals surface area contributed by atoms with Crippen LogP contribution in [0.3, 0.4) is 0 Å². The lowest BCUT2D eigenvalue weighted by Gasteiger charge is -2.42. The van der Waals surface area contributed by atoms with Gasteiger partial charge in [-0.1, -0.05) is 31.0 Å². The Morgan fingerprint density at radius 2 is 1.67 bits per heavy atom. The molecule has 2 N–H and O–H groups in total. The van der Waals surface area contributed by atoms with E-state index in [4.69, 9.17) is 9.47 Å². The summed E-state index contributed by atoms with van der Waals surface area (Å²) in [4.78, 5) is 43.0. The maximum absolute atomic E-state index is 16.2. The number of benzene rings is 1. The van der Waals surface area contributed by atoms with Gasteiger partial charge >= 0.3 is 6.09 Å². The number of pyridine rings is 1. The zero-order valence-electron chi connectivity index (χ0n) is 33.2. The number of anilines is 2. The number of alkyl halides is 2. The van der Waals surface area contributed by atoms with Gasteiger partial charge in [-0.05, 0) is 78.1 Å². The van der Waals surface area contributed by atoms with Crippen LogP contribution >= 0.6 is 0 Å². The normalized spacial score (nSPS) is 20.4. The van der Waals surface area contributed by atoms with Gasteiger partial charge in [-0.3, -0.25) is 14.3 Å². The number of ether oxygens (including phenoxy) is 2. The van der Waals surface area contributed by atoms with E-state index in [1.54, 1.807) is 11.5 Å². The Labute approximate surface area is 332 Å². The lowest BCUT2D eigenvalue weighted by atomic mass is 9.85. The second-order valence-corrected chi connectivity index (χ2v) is 16.1. The average Bonchev–Trinajstić information content (AvgIpc) is 3.74. The number of halogens is 3. The van der Waals surface area contributed by atoms with E-state index in [0.717, 1.165) is 82.1 Å². The number of nitrogens with one attached hydrogen (secondary N) is 1. The number of unbranched alkanes of at least 4 members (excludes halogenated alkanes) is 3. The Morgan fingerprint density at radius 3 is 2.37 bits per heavy atom. The van der Waals surface area contributed by atoms with Gasteiger partial charge in [0.25, 0.3) is 11.5 Å². The van der Waals surface area contributed by atoms with Crippen LogP contribution in [0, 0.1) is 11.7 Å². The summed E-state index contributed by atoms with van der Waals surface area (Å²) < 4.78 is 60.9. The SMILES string of the molecule is C[C@@H](Nc1ncnc2c1cc(N1CCN(C3CCN(C)CC3)CC1)c(=O)n2CCCCCCC1OCCO1)c1cccc(C(F)(F)C2CCN(C(=O)O)CC2)c1F. The van der Waals surface area contributed by atoms with E-state index >= 15 is 13.2 Å². The highest BCUT2D eigenvalue weighted by Gasteiger charge is 2.45. The van der Waals surface area contributed by atoms with Gasteiger partial charge < -0.3 is 34.6 Å². The number of aryl methyl sites for hydroxylation is 1. The Morgan fingerprint density at radius 1 is 0.965 bits per heavy atom. The summed E-state index contributed by atoms with van der Waals surface area (Å²) in [5, 5.41) is 13.2. The van der Waals surface area contributed by atoms with E-state index in [2.05, 4.69) is 37.0 Å². The van der Waals surface area contributed by atoms with Gasteiger partial charge in [-0.15, -0.1) is 0 Å². The number of likely N-dealkylation sites (tertiary alicyclic amines) is 2. The molecule has 57 heavy (non-hydrogen) atoms. The van der Waals surface area contributed by atoms with Gasteiger partial charge in [0.1, 0.15) is 29.3 Å². The zero-order chi connectivity index (χ0) is 40.1. The number of rotatable bonds is 14. The molecule has 1 atom stereocenters. The number of hydrogen-bond acceptors (Lipinski definition) is 10. The lowest BCUT2D eigenvalue weighted by Crippen LogP contribution is -2.53. The van der Waals surface area contributed by atoms with Crippen LogP contribution in [0.25, 0.3) is 11.0 Å². The largest absolute Gasteiger partial charge is 0.465 e. The van der Waals surface area contributed by atoms with Crippen LogP contribution in [0.2, 0.25) is 0 Å². The summed E-state index contributed by atoms with van der Waals surface area (Å²) in [6, 6.07) is 5.63. The predicted octanol–water partition coefficient (Wildman–Crippen LogP) is 6.13. The van der Waals surface area contributed by atoms with Crippen molar-refractivity contribution in [1.29, 1.82) is 0 Å². The molecule has 0 aliphatic carbocycles. The smallest absolute Gasteiger partial charge is 0.407 e. The monoisotopic (exact) mass is 798 g/mol. The Balaban J connectivity index is 1.12. The summed E-state index contributed by atoms with van der Waals surface area (Å²) >= 11 is 0. The lowest BCUT2D eigenvalue weighted by molar-refractivity contribution is -0.0861. The number of piperazine rings is 1. The van der Waals surface area contributed by atoms with Crippen LogP contribution in [0.15, 0.2) is 35.4 Å². The Bertz CT molecular complexity index is 1890. The molecule has 0 bridgehead atoms. The van der Waals surface area contributed by atoms with Crippen LogP contribution in [0.4, 0.5) is 29.5 Å². The summed E-state index contributed by atoms with van der Waals surface area (Å²) in [7, 11) is 2.16. The van der Waals surface area contributed by atoms with Crippen molar-refractivity contribution in [1.82, 2.24) is 29.2 Å². The van der Waals surface area contributed by atoms with Crippen molar-refractivity contribution >= 4 is 28.6 Å². The van der Waals surface area contributed by atoms with Crippen LogP contribution in [0.1, 0.15) is 81.9 Å². The molecule has 1 aromatic carbocycles. The van der Waals surface area contributed by atoms with Crippen molar-refractivity contribution in [3.8, 4) is 0 Å².